The molecule has 0 unspecified atom stereocenters. The summed E-state index contributed by atoms with van der Waals surface area (Å²) in [5.74, 6) is 0.335. The second-order valence-electron chi connectivity index (χ2n) is 7.00. The molecule has 1 saturated heterocycles. The number of nitrogens with two attached hydrogens (primary N) is 3. The number of benzene rings is 2. The molecule has 0 bridgehead atoms. The molecule has 1 fully saturated rings. The zero-order chi connectivity index (χ0) is 21.5. The van der Waals surface area contributed by atoms with E-state index in [0.717, 1.165) is 24.1 Å². The van der Waals surface area contributed by atoms with Crippen LogP contribution < -0.4 is 17.2 Å². The first-order valence-corrected chi connectivity index (χ1v) is 10.2. The molecule has 6 nitrogen and oxygen atoms in total. The van der Waals surface area contributed by atoms with Gasteiger partial charge in [-0.25, -0.2) is 0 Å². The van der Waals surface area contributed by atoms with E-state index >= 15 is 0 Å². The Bertz CT molecular complexity index is 983. The van der Waals surface area contributed by atoms with Gasteiger partial charge in [0.1, 0.15) is 5.84 Å². The van der Waals surface area contributed by atoms with Gasteiger partial charge in [0.05, 0.1) is 28.5 Å². The molecule has 1 amide bonds. The highest BCUT2D eigenvalue weighted by Gasteiger charge is 2.20. The molecular formula is C23H26ClN5O. The number of amidine groups is 1. The fourth-order valence-electron chi connectivity index (χ4n) is 3.32. The van der Waals surface area contributed by atoms with E-state index in [1.54, 1.807) is 4.90 Å². The first-order valence-electron chi connectivity index (χ1n) is 9.83. The Morgan fingerprint density at radius 2 is 1.50 bits per heavy atom. The van der Waals surface area contributed by atoms with E-state index in [9.17, 15) is 4.79 Å². The van der Waals surface area contributed by atoms with Gasteiger partial charge < -0.3 is 22.1 Å². The van der Waals surface area contributed by atoms with Crippen molar-refractivity contribution in [2.45, 2.75) is 12.8 Å². The van der Waals surface area contributed by atoms with Gasteiger partial charge in [-0.3, -0.25) is 9.79 Å². The number of likely N-dealkylation sites (tertiary alicyclic amines) is 1. The summed E-state index contributed by atoms with van der Waals surface area (Å²) >= 11 is 6.69. The van der Waals surface area contributed by atoms with Crippen molar-refractivity contribution in [1.29, 1.82) is 0 Å². The first kappa shape index (κ1) is 21.5. The summed E-state index contributed by atoms with van der Waals surface area (Å²) in [4.78, 5) is 18.0. The lowest BCUT2D eigenvalue weighted by molar-refractivity contribution is -0.127. The molecule has 1 aliphatic heterocycles. The van der Waals surface area contributed by atoms with E-state index in [1.165, 1.54) is 0 Å². The zero-order valence-corrected chi connectivity index (χ0v) is 17.5. The number of amides is 1. The van der Waals surface area contributed by atoms with Crippen LogP contribution in [0.1, 0.15) is 24.0 Å². The smallest absolute Gasteiger partial charge is 0.222 e. The largest absolute Gasteiger partial charge is 0.398 e. The van der Waals surface area contributed by atoms with Gasteiger partial charge in [-0.05, 0) is 17.5 Å². The third-order valence-electron chi connectivity index (χ3n) is 4.97. The monoisotopic (exact) mass is 423 g/mol. The number of halogens is 1. The summed E-state index contributed by atoms with van der Waals surface area (Å²) in [6.45, 7) is 1.62. The third kappa shape index (κ3) is 5.02. The molecule has 2 aromatic carbocycles. The van der Waals surface area contributed by atoms with E-state index in [2.05, 4.69) is 4.99 Å². The highest BCUT2D eigenvalue weighted by molar-refractivity contribution is 6.39. The molecule has 0 aliphatic carbocycles. The van der Waals surface area contributed by atoms with Gasteiger partial charge in [0, 0.05) is 19.5 Å². The molecule has 3 rings (SSSR count). The lowest BCUT2D eigenvalue weighted by Crippen LogP contribution is -2.28. The van der Waals surface area contributed by atoms with Gasteiger partial charge in [-0.1, -0.05) is 72.3 Å². The minimum absolute atomic E-state index is 0.148. The summed E-state index contributed by atoms with van der Waals surface area (Å²) in [6, 6.07) is 18.8. The van der Waals surface area contributed by atoms with Gasteiger partial charge in [0.25, 0.3) is 0 Å². The standard InChI is InChI=1S/C23H26ClN5O/c24-20(22(26)17-10-5-2-6-11-17)19(21(25)16-8-3-1-4-9-16)23(27)28-13-15-29-14-7-12-18(29)30/h1-6,8-11H,7,12-15,25-26H2,(H2,27,28)/b21-19?,22-20+. The van der Waals surface area contributed by atoms with Crippen LogP contribution in [-0.4, -0.2) is 36.3 Å². The fraction of sp³-hybridized carbons (Fsp3) is 0.217. The Kier molecular flexibility index (Phi) is 7.14. The van der Waals surface area contributed by atoms with Crippen molar-refractivity contribution in [3.63, 3.8) is 0 Å². The van der Waals surface area contributed by atoms with Gasteiger partial charge >= 0.3 is 0 Å². The zero-order valence-electron chi connectivity index (χ0n) is 16.7. The van der Waals surface area contributed by atoms with Crippen molar-refractivity contribution in [1.82, 2.24) is 4.90 Å². The summed E-state index contributed by atoms with van der Waals surface area (Å²) in [5.41, 5.74) is 21.8. The molecule has 0 aromatic heterocycles. The Morgan fingerprint density at radius 3 is 2.03 bits per heavy atom. The van der Waals surface area contributed by atoms with Crippen molar-refractivity contribution < 1.29 is 4.79 Å². The van der Waals surface area contributed by atoms with Crippen molar-refractivity contribution in [2.75, 3.05) is 19.6 Å². The van der Waals surface area contributed by atoms with Crippen molar-refractivity contribution >= 4 is 34.7 Å². The molecule has 156 valence electrons. The van der Waals surface area contributed by atoms with Crippen LogP contribution >= 0.6 is 11.6 Å². The first-order chi connectivity index (χ1) is 14.5. The number of nitrogens with zero attached hydrogens (tertiary/aromatic N) is 2. The maximum Gasteiger partial charge on any atom is 0.222 e. The number of aliphatic imine (C=N–C) groups is 1. The topological polar surface area (TPSA) is 111 Å². The average molecular weight is 424 g/mol. The van der Waals surface area contributed by atoms with Gasteiger partial charge in [-0.2, -0.15) is 0 Å². The second kappa shape index (κ2) is 9.98. The molecule has 0 saturated carbocycles. The van der Waals surface area contributed by atoms with Crippen LogP contribution in [0.15, 0.2) is 76.3 Å². The summed E-state index contributed by atoms with van der Waals surface area (Å²) in [7, 11) is 0. The normalized spacial score (nSPS) is 16.4. The Labute approximate surface area is 181 Å². The predicted molar refractivity (Wildman–Crippen MR) is 123 cm³/mol. The molecule has 30 heavy (non-hydrogen) atoms. The lowest BCUT2D eigenvalue weighted by atomic mass is 10.0. The van der Waals surface area contributed by atoms with E-state index in [1.807, 2.05) is 60.7 Å². The molecule has 0 atom stereocenters. The average Bonchev–Trinajstić information content (AvgIpc) is 3.19. The minimum Gasteiger partial charge on any atom is -0.398 e. The number of carbonyl (C=O) groups is 1. The van der Waals surface area contributed by atoms with Crippen LogP contribution in [0.2, 0.25) is 0 Å². The Balaban J connectivity index is 1.97. The van der Waals surface area contributed by atoms with Crippen LogP contribution in [0.5, 0.6) is 0 Å². The Hall–Kier alpha value is -3.25. The van der Waals surface area contributed by atoms with Crippen LogP contribution in [0.4, 0.5) is 0 Å². The molecule has 6 N–H and O–H groups in total. The van der Waals surface area contributed by atoms with Crippen molar-refractivity contribution in [3.05, 3.63) is 82.4 Å². The quantitative estimate of drug-likeness (QED) is 0.361. The van der Waals surface area contributed by atoms with E-state index < -0.39 is 0 Å². The molecular weight excluding hydrogens is 398 g/mol. The lowest BCUT2D eigenvalue weighted by Gasteiger charge is -2.16. The Morgan fingerprint density at radius 1 is 0.933 bits per heavy atom. The molecule has 0 radical (unpaired) electrons. The minimum atomic E-state index is 0.148. The maximum atomic E-state index is 11.8. The highest BCUT2D eigenvalue weighted by atomic mass is 35.5. The van der Waals surface area contributed by atoms with Crippen LogP contribution in [0.25, 0.3) is 11.4 Å². The van der Waals surface area contributed by atoms with Gasteiger partial charge in [-0.15, -0.1) is 0 Å². The molecule has 7 heteroatoms. The second-order valence-corrected chi connectivity index (χ2v) is 7.38. The van der Waals surface area contributed by atoms with E-state index in [4.69, 9.17) is 28.8 Å². The van der Waals surface area contributed by atoms with Crippen LogP contribution in [-0.2, 0) is 4.79 Å². The van der Waals surface area contributed by atoms with Crippen molar-refractivity contribution in [2.24, 2.45) is 22.2 Å². The SMILES string of the molecule is NC(=NCCN1CCCC1=O)C(=C(N)c1ccccc1)/C(Cl)=C(\N)c1ccccc1. The summed E-state index contributed by atoms with van der Waals surface area (Å²) < 4.78 is 0. The molecule has 0 spiro atoms. The van der Waals surface area contributed by atoms with Gasteiger partial charge in [0.15, 0.2) is 0 Å². The van der Waals surface area contributed by atoms with Gasteiger partial charge in [0.2, 0.25) is 5.91 Å². The number of carbonyl (C=O) groups excluding carboxylic acids is 1. The number of rotatable bonds is 7. The summed E-state index contributed by atoms with van der Waals surface area (Å²) in [6.07, 6.45) is 1.47. The highest BCUT2D eigenvalue weighted by Crippen LogP contribution is 2.28. The van der Waals surface area contributed by atoms with E-state index in [-0.39, 0.29) is 16.8 Å². The maximum absolute atomic E-state index is 11.8. The number of hydrogen-bond acceptors (Lipinski definition) is 4. The van der Waals surface area contributed by atoms with Crippen LogP contribution in [0.3, 0.4) is 0 Å². The van der Waals surface area contributed by atoms with Crippen LogP contribution in [0, 0.1) is 0 Å². The number of hydrogen-bond donors (Lipinski definition) is 3. The van der Waals surface area contributed by atoms with E-state index in [0.29, 0.717) is 36.5 Å². The fourth-order valence-corrected chi connectivity index (χ4v) is 3.63. The molecule has 2 aromatic rings. The third-order valence-corrected chi connectivity index (χ3v) is 5.37. The predicted octanol–water partition coefficient (Wildman–Crippen LogP) is 2.90. The molecule has 1 heterocycles. The summed E-state index contributed by atoms with van der Waals surface area (Å²) in [5, 5.41) is 0.237. The molecule has 1 aliphatic rings. The van der Waals surface area contributed by atoms with Crippen molar-refractivity contribution in [3.8, 4) is 0 Å².